The van der Waals surface area contributed by atoms with Gasteiger partial charge in [-0.25, -0.2) is 4.57 Å². The molecule has 0 aliphatic rings. The van der Waals surface area contributed by atoms with Crippen LogP contribution in [0.2, 0.25) is 0 Å². The minimum Gasteiger partial charge on any atom is -0.282 e. The van der Waals surface area contributed by atoms with E-state index in [4.69, 9.17) is 13.6 Å². The van der Waals surface area contributed by atoms with Crippen molar-refractivity contribution in [2.45, 2.75) is 59.4 Å². The molecule has 1 rings (SSSR count). The summed E-state index contributed by atoms with van der Waals surface area (Å²) in [6, 6.07) is 9.52. The summed E-state index contributed by atoms with van der Waals surface area (Å²) in [5, 5.41) is 0. The molecular weight excluding hydrogens is 275 g/mol. The molecule has 0 N–H and O–H groups in total. The van der Waals surface area contributed by atoms with Gasteiger partial charge in [-0.3, -0.25) is 13.6 Å². The zero-order chi connectivity index (χ0) is 15.4. The number of phosphoric acid groups is 1. The fourth-order valence-electron chi connectivity index (χ4n) is 1.47. The van der Waals surface area contributed by atoms with Gasteiger partial charge >= 0.3 is 7.82 Å². The molecule has 1 aromatic carbocycles. The first kappa shape index (κ1) is 17.4. The van der Waals surface area contributed by atoms with E-state index in [-0.39, 0.29) is 6.61 Å². The van der Waals surface area contributed by atoms with E-state index in [9.17, 15) is 4.57 Å². The van der Waals surface area contributed by atoms with Crippen LogP contribution in [0.15, 0.2) is 30.3 Å². The van der Waals surface area contributed by atoms with Crippen LogP contribution in [0.4, 0.5) is 0 Å². The maximum absolute atomic E-state index is 12.8. The number of hydrogen-bond donors (Lipinski definition) is 0. The number of hydrogen-bond acceptors (Lipinski definition) is 4. The lowest BCUT2D eigenvalue weighted by Gasteiger charge is -2.30. The van der Waals surface area contributed by atoms with E-state index >= 15 is 0 Å². The molecule has 0 amide bonds. The molecule has 0 radical (unpaired) electrons. The van der Waals surface area contributed by atoms with Crippen LogP contribution in [0, 0.1) is 0 Å². The minimum absolute atomic E-state index is 0.185. The highest BCUT2D eigenvalue weighted by Gasteiger charge is 2.37. The Hall–Kier alpha value is -0.670. The van der Waals surface area contributed by atoms with Crippen LogP contribution in [0.1, 0.15) is 47.1 Å². The van der Waals surface area contributed by atoms with Gasteiger partial charge in [-0.05, 0) is 47.1 Å². The lowest BCUT2D eigenvalue weighted by Crippen LogP contribution is -2.24. The summed E-state index contributed by atoms with van der Waals surface area (Å²) in [5.74, 6) is 0. The van der Waals surface area contributed by atoms with Gasteiger partial charge in [0.05, 0.1) is 17.8 Å². The fourth-order valence-corrected chi connectivity index (χ4v) is 3.26. The molecule has 114 valence electrons. The van der Waals surface area contributed by atoms with Gasteiger partial charge in [-0.1, -0.05) is 30.3 Å². The smallest absolute Gasteiger partial charge is 0.282 e. The maximum atomic E-state index is 12.8. The average Bonchev–Trinajstić information content (AvgIpc) is 2.23. The van der Waals surface area contributed by atoms with Crippen molar-refractivity contribution >= 4 is 7.82 Å². The maximum Gasteiger partial charge on any atom is 0.476 e. The number of rotatable bonds is 5. The van der Waals surface area contributed by atoms with Gasteiger partial charge in [0, 0.05) is 0 Å². The largest absolute Gasteiger partial charge is 0.476 e. The molecule has 1 aromatic rings. The standard InChI is InChI=1S/C15H25O4P/c1-14(2,3)18-20(16,19-15(4,5)6)17-12-13-10-8-7-9-11-13/h7-11H,12H2,1-6H3. The van der Waals surface area contributed by atoms with Gasteiger partial charge in [0.15, 0.2) is 0 Å². The second-order valence-electron chi connectivity index (χ2n) is 6.61. The van der Waals surface area contributed by atoms with Gasteiger partial charge in [-0.15, -0.1) is 0 Å². The second kappa shape index (κ2) is 6.40. The van der Waals surface area contributed by atoms with E-state index in [0.717, 1.165) is 5.56 Å². The molecular formula is C15H25O4P. The van der Waals surface area contributed by atoms with Gasteiger partial charge in [-0.2, -0.15) is 0 Å². The van der Waals surface area contributed by atoms with Crippen LogP contribution in [0.3, 0.4) is 0 Å². The molecule has 20 heavy (non-hydrogen) atoms. The van der Waals surface area contributed by atoms with Crippen LogP contribution in [0.5, 0.6) is 0 Å². The Balaban J connectivity index is 2.80. The van der Waals surface area contributed by atoms with Crippen molar-refractivity contribution in [3.05, 3.63) is 35.9 Å². The van der Waals surface area contributed by atoms with Crippen LogP contribution in [0.25, 0.3) is 0 Å². The first-order valence-electron chi connectivity index (χ1n) is 6.69. The molecule has 0 bridgehead atoms. The van der Waals surface area contributed by atoms with E-state index < -0.39 is 19.0 Å². The van der Waals surface area contributed by atoms with Crippen LogP contribution in [-0.2, 0) is 24.7 Å². The number of benzene rings is 1. The Kier molecular flexibility index (Phi) is 5.56. The molecule has 0 aliphatic heterocycles. The molecule has 0 unspecified atom stereocenters. The van der Waals surface area contributed by atoms with E-state index in [2.05, 4.69) is 0 Å². The quantitative estimate of drug-likeness (QED) is 0.722. The molecule has 0 heterocycles. The van der Waals surface area contributed by atoms with Crippen molar-refractivity contribution < 1.29 is 18.1 Å². The Morgan fingerprint density at radius 2 is 1.35 bits per heavy atom. The summed E-state index contributed by atoms with van der Waals surface area (Å²) in [5.41, 5.74) is -0.308. The normalized spacial score (nSPS) is 13.5. The molecule has 0 aromatic heterocycles. The van der Waals surface area contributed by atoms with E-state index in [1.54, 1.807) is 0 Å². The molecule has 0 saturated carbocycles. The third kappa shape index (κ3) is 7.20. The molecule has 0 aliphatic carbocycles. The summed E-state index contributed by atoms with van der Waals surface area (Å²) in [6.07, 6.45) is 0. The predicted molar refractivity (Wildman–Crippen MR) is 80.5 cm³/mol. The molecule has 0 fully saturated rings. The molecule has 5 heteroatoms. The second-order valence-corrected chi connectivity index (χ2v) is 8.13. The SMILES string of the molecule is CC(C)(C)OP(=O)(OCc1ccccc1)OC(C)(C)C. The van der Waals surface area contributed by atoms with Crippen molar-refractivity contribution in [2.75, 3.05) is 0 Å². The Morgan fingerprint density at radius 3 is 1.75 bits per heavy atom. The molecule has 4 nitrogen and oxygen atoms in total. The molecule has 0 atom stereocenters. The third-order valence-electron chi connectivity index (χ3n) is 2.00. The van der Waals surface area contributed by atoms with Gasteiger partial charge < -0.3 is 0 Å². The Morgan fingerprint density at radius 1 is 0.900 bits per heavy atom. The zero-order valence-corrected chi connectivity index (χ0v) is 14.1. The van der Waals surface area contributed by atoms with Gasteiger partial charge in [0.25, 0.3) is 0 Å². The summed E-state index contributed by atoms with van der Waals surface area (Å²) >= 11 is 0. The van der Waals surface area contributed by atoms with Crippen molar-refractivity contribution in [2.24, 2.45) is 0 Å². The average molecular weight is 300 g/mol. The van der Waals surface area contributed by atoms with Crippen LogP contribution < -0.4 is 0 Å². The summed E-state index contributed by atoms with van der Waals surface area (Å²) in [4.78, 5) is 0. The molecule has 0 spiro atoms. The van der Waals surface area contributed by atoms with Gasteiger partial charge in [0.2, 0.25) is 0 Å². The predicted octanol–water partition coefficient (Wildman–Crippen LogP) is 4.94. The van der Waals surface area contributed by atoms with Crippen molar-refractivity contribution in [1.82, 2.24) is 0 Å². The van der Waals surface area contributed by atoms with E-state index in [0.29, 0.717) is 0 Å². The summed E-state index contributed by atoms with van der Waals surface area (Å²) < 4.78 is 29.3. The zero-order valence-electron chi connectivity index (χ0n) is 13.2. The first-order valence-corrected chi connectivity index (χ1v) is 8.15. The van der Waals surface area contributed by atoms with Crippen molar-refractivity contribution in [1.29, 1.82) is 0 Å². The van der Waals surface area contributed by atoms with E-state index in [1.807, 2.05) is 71.9 Å². The number of phosphoric ester groups is 1. The highest BCUT2D eigenvalue weighted by atomic mass is 31.2. The molecule has 0 saturated heterocycles. The lowest BCUT2D eigenvalue weighted by atomic mass is 10.2. The van der Waals surface area contributed by atoms with Gasteiger partial charge in [0.1, 0.15) is 0 Å². The first-order chi connectivity index (χ1) is 8.99. The minimum atomic E-state index is -3.63. The highest BCUT2D eigenvalue weighted by molar-refractivity contribution is 7.48. The fraction of sp³-hybridized carbons (Fsp3) is 0.600. The van der Waals surface area contributed by atoms with Crippen LogP contribution >= 0.6 is 7.82 Å². The Bertz CT molecular complexity index is 437. The lowest BCUT2D eigenvalue weighted by molar-refractivity contribution is 0.000856. The Labute approximate surface area is 122 Å². The van der Waals surface area contributed by atoms with Crippen LogP contribution in [-0.4, -0.2) is 11.2 Å². The highest BCUT2D eigenvalue weighted by Crippen LogP contribution is 2.55. The van der Waals surface area contributed by atoms with E-state index in [1.165, 1.54) is 0 Å². The summed E-state index contributed by atoms with van der Waals surface area (Å²) in [7, 11) is -3.63. The topological polar surface area (TPSA) is 44.8 Å². The monoisotopic (exact) mass is 300 g/mol. The van der Waals surface area contributed by atoms with Crippen molar-refractivity contribution in [3.63, 3.8) is 0 Å². The van der Waals surface area contributed by atoms with Crippen molar-refractivity contribution in [3.8, 4) is 0 Å². The third-order valence-corrected chi connectivity index (χ3v) is 3.99. The summed E-state index contributed by atoms with van der Waals surface area (Å²) in [6.45, 7) is 11.1.